The van der Waals surface area contributed by atoms with E-state index in [0.717, 1.165) is 11.1 Å². The molecular weight excluding hydrogens is 426 g/mol. The van der Waals surface area contributed by atoms with Gasteiger partial charge in [0.25, 0.3) is 0 Å². The summed E-state index contributed by atoms with van der Waals surface area (Å²) in [6.07, 6.45) is 0.693. The van der Waals surface area contributed by atoms with Crippen LogP contribution in [0.1, 0.15) is 43.9 Å². The van der Waals surface area contributed by atoms with Crippen LogP contribution >= 0.6 is 0 Å². The number of para-hydroxylation sites is 1. The van der Waals surface area contributed by atoms with Crippen molar-refractivity contribution in [1.82, 2.24) is 0 Å². The molecule has 0 radical (unpaired) electrons. The number of carboxylic acids is 1. The van der Waals surface area contributed by atoms with Crippen molar-refractivity contribution in [1.29, 1.82) is 0 Å². The van der Waals surface area contributed by atoms with E-state index in [2.05, 4.69) is 9.99 Å². The van der Waals surface area contributed by atoms with Gasteiger partial charge in [0.05, 0.1) is 5.41 Å². The zero-order valence-corrected chi connectivity index (χ0v) is 19.7. The minimum Gasteiger partial charge on any atom is -0.490 e. The Labute approximate surface area is 194 Å². The molecule has 8 nitrogen and oxygen atoms in total. The van der Waals surface area contributed by atoms with Crippen LogP contribution in [0.3, 0.4) is 0 Å². The summed E-state index contributed by atoms with van der Waals surface area (Å²) in [5, 5.41) is 12.7. The van der Waals surface area contributed by atoms with E-state index in [0.29, 0.717) is 23.5 Å². The number of aliphatic carboxylic acids is 1. The van der Waals surface area contributed by atoms with Gasteiger partial charge in [-0.3, -0.25) is 4.79 Å². The summed E-state index contributed by atoms with van der Waals surface area (Å²) in [4.78, 5) is 28.1. The van der Waals surface area contributed by atoms with E-state index in [1.54, 1.807) is 24.3 Å². The van der Waals surface area contributed by atoms with E-state index in [9.17, 15) is 14.7 Å². The van der Waals surface area contributed by atoms with E-state index in [4.69, 9.17) is 14.2 Å². The number of esters is 1. The summed E-state index contributed by atoms with van der Waals surface area (Å²) < 4.78 is 17.1. The first kappa shape index (κ1) is 25.7. The molecule has 0 amide bonds. The number of carbonyl (C=O) groups excluding carboxylic acids is 1. The summed E-state index contributed by atoms with van der Waals surface area (Å²) in [5.41, 5.74) is 1.40. The van der Waals surface area contributed by atoms with Crippen LogP contribution in [0.25, 0.3) is 0 Å². The van der Waals surface area contributed by atoms with Gasteiger partial charge < -0.3 is 24.2 Å². The summed E-state index contributed by atoms with van der Waals surface area (Å²) >= 11 is 0. The number of rotatable bonds is 12. The normalized spacial score (nSPS) is 11.6. The smallest absolute Gasteiger partial charge is 0.358 e. The summed E-state index contributed by atoms with van der Waals surface area (Å²) in [5.74, 6) is -0.201. The van der Waals surface area contributed by atoms with E-state index < -0.39 is 11.4 Å². The molecule has 0 aromatic heterocycles. The SMILES string of the molecule is CCC(C)(C)C(=O)OCc1cccc(C)c1OCCOc1ccc(/C(=N/OC)C(=O)O)cc1. The predicted molar refractivity (Wildman–Crippen MR) is 124 cm³/mol. The van der Waals surface area contributed by atoms with Gasteiger partial charge in [-0.1, -0.05) is 30.3 Å². The highest BCUT2D eigenvalue weighted by atomic mass is 16.6. The number of hydrogen-bond donors (Lipinski definition) is 1. The molecule has 0 saturated heterocycles. The molecule has 0 bridgehead atoms. The molecule has 0 spiro atoms. The molecule has 8 heteroatoms. The third-order valence-corrected chi connectivity index (χ3v) is 5.20. The third-order valence-electron chi connectivity index (χ3n) is 5.20. The summed E-state index contributed by atoms with van der Waals surface area (Å²) in [6.45, 7) is 8.29. The maximum absolute atomic E-state index is 12.3. The van der Waals surface area contributed by atoms with Crippen molar-refractivity contribution in [3.63, 3.8) is 0 Å². The number of aryl methyl sites for hydroxylation is 1. The Morgan fingerprint density at radius 2 is 1.70 bits per heavy atom. The fourth-order valence-electron chi connectivity index (χ4n) is 2.84. The molecule has 0 aliphatic rings. The van der Waals surface area contributed by atoms with Gasteiger partial charge in [0.2, 0.25) is 0 Å². The number of hydrogen-bond acceptors (Lipinski definition) is 7. The van der Waals surface area contributed by atoms with Crippen molar-refractivity contribution in [2.24, 2.45) is 10.6 Å². The van der Waals surface area contributed by atoms with Crippen LogP contribution < -0.4 is 9.47 Å². The Balaban J connectivity index is 1.94. The molecule has 0 saturated carbocycles. The van der Waals surface area contributed by atoms with Crippen LogP contribution in [0.5, 0.6) is 11.5 Å². The zero-order valence-electron chi connectivity index (χ0n) is 19.7. The van der Waals surface area contributed by atoms with Crippen molar-refractivity contribution < 1.29 is 33.7 Å². The Morgan fingerprint density at radius 3 is 2.30 bits per heavy atom. The molecule has 0 atom stereocenters. The minimum absolute atomic E-state index is 0.135. The van der Waals surface area contributed by atoms with E-state index in [-0.39, 0.29) is 31.5 Å². The summed E-state index contributed by atoms with van der Waals surface area (Å²) in [7, 11) is 1.29. The number of ether oxygens (including phenoxy) is 3. The van der Waals surface area contributed by atoms with Gasteiger partial charge in [-0.2, -0.15) is 0 Å². The number of nitrogens with zero attached hydrogens (tertiary/aromatic N) is 1. The highest BCUT2D eigenvalue weighted by Gasteiger charge is 2.27. The molecular formula is C25H31NO7. The molecule has 0 heterocycles. The average molecular weight is 458 g/mol. The van der Waals surface area contributed by atoms with E-state index in [1.165, 1.54) is 7.11 Å². The Bertz CT molecular complexity index is 981. The van der Waals surface area contributed by atoms with Gasteiger partial charge in [0, 0.05) is 11.1 Å². The van der Waals surface area contributed by atoms with E-state index in [1.807, 2.05) is 45.9 Å². The number of carboxylic acid groups (broad SMARTS) is 1. The lowest BCUT2D eigenvalue weighted by atomic mass is 9.91. The van der Waals surface area contributed by atoms with Crippen LogP contribution in [0.15, 0.2) is 47.6 Å². The van der Waals surface area contributed by atoms with Crippen LogP contribution in [-0.4, -0.2) is 43.1 Å². The second kappa shape index (κ2) is 11.9. The lowest BCUT2D eigenvalue weighted by Crippen LogP contribution is -2.25. The van der Waals surface area contributed by atoms with Crippen LogP contribution in [-0.2, 0) is 25.8 Å². The fourth-order valence-corrected chi connectivity index (χ4v) is 2.84. The quantitative estimate of drug-likeness (QED) is 0.218. The highest BCUT2D eigenvalue weighted by molar-refractivity contribution is 6.42. The minimum atomic E-state index is -1.18. The van der Waals surface area contributed by atoms with Crippen LogP contribution in [0, 0.1) is 12.3 Å². The van der Waals surface area contributed by atoms with Gasteiger partial charge in [0.1, 0.15) is 38.4 Å². The average Bonchev–Trinajstić information content (AvgIpc) is 2.80. The monoisotopic (exact) mass is 457 g/mol. The highest BCUT2D eigenvalue weighted by Crippen LogP contribution is 2.27. The van der Waals surface area contributed by atoms with Crippen molar-refractivity contribution in [3.05, 3.63) is 59.2 Å². The number of carbonyl (C=O) groups is 2. The second-order valence-electron chi connectivity index (χ2n) is 8.03. The van der Waals surface area contributed by atoms with Crippen molar-refractivity contribution in [3.8, 4) is 11.5 Å². The van der Waals surface area contributed by atoms with Gasteiger partial charge in [-0.25, -0.2) is 4.79 Å². The van der Waals surface area contributed by atoms with Crippen molar-refractivity contribution >= 4 is 17.7 Å². The fraction of sp³-hybridized carbons (Fsp3) is 0.400. The Kier molecular flexibility index (Phi) is 9.27. The molecule has 2 aromatic rings. The molecule has 178 valence electrons. The standard InChI is InChI=1S/C25H31NO7/c1-6-25(3,4)24(29)33-16-19-9-7-8-17(2)22(19)32-15-14-31-20-12-10-18(11-13-20)21(23(27)28)26-30-5/h7-13H,6,14-16H2,1-5H3,(H,27,28)/b26-21-. The first-order valence-corrected chi connectivity index (χ1v) is 10.7. The lowest BCUT2D eigenvalue weighted by molar-refractivity contribution is -0.155. The maximum Gasteiger partial charge on any atom is 0.358 e. The second-order valence-corrected chi connectivity index (χ2v) is 8.03. The van der Waals surface area contributed by atoms with Gasteiger partial charge in [0.15, 0.2) is 5.71 Å². The van der Waals surface area contributed by atoms with Crippen molar-refractivity contribution in [2.45, 2.75) is 40.7 Å². The Morgan fingerprint density at radius 1 is 1.03 bits per heavy atom. The molecule has 2 aromatic carbocycles. The zero-order chi connectivity index (χ0) is 24.4. The first-order chi connectivity index (χ1) is 15.7. The predicted octanol–water partition coefficient (Wildman–Crippen LogP) is 4.37. The van der Waals surface area contributed by atoms with Crippen LogP contribution in [0.2, 0.25) is 0 Å². The lowest BCUT2D eigenvalue weighted by Gasteiger charge is -2.21. The molecule has 0 fully saturated rings. The number of oxime groups is 1. The molecule has 2 rings (SSSR count). The molecule has 33 heavy (non-hydrogen) atoms. The molecule has 0 unspecified atom stereocenters. The largest absolute Gasteiger partial charge is 0.490 e. The maximum atomic E-state index is 12.3. The van der Waals surface area contributed by atoms with Gasteiger partial charge >= 0.3 is 11.9 Å². The number of benzene rings is 2. The first-order valence-electron chi connectivity index (χ1n) is 10.7. The molecule has 0 aliphatic heterocycles. The van der Waals surface area contributed by atoms with Crippen molar-refractivity contribution in [2.75, 3.05) is 20.3 Å². The van der Waals surface area contributed by atoms with Gasteiger partial charge in [-0.15, -0.1) is 0 Å². The van der Waals surface area contributed by atoms with Crippen LogP contribution in [0.4, 0.5) is 0 Å². The third kappa shape index (κ3) is 7.24. The van der Waals surface area contributed by atoms with E-state index >= 15 is 0 Å². The Hall–Kier alpha value is -3.55. The topological polar surface area (TPSA) is 104 Å². The molecule has 0 aliphatic carbocycles. The van der Waals surface area contributed by atoms with Gasteiger partial charge in [-0.05, 0) is 57.0 Å². The molecule has 1 N–H and O–H groups in total. The summed E-state index contributed by atoms with van der Waals surface area (Å²) in [6, 6.07) is 12.2.